The van der Waals surface area contributed by atoms with Crippen LogP contribution >= 0.6 is 0 Å². The number of nitrogens with one attached hydrogen (secondary N) is 2. The molecular weight excluding hydrogens is 262 g/mol. The van der Waals surface area contributed by atoms with E-state index in [-0.39, 0.29) is 11.4 Å². The van der Waals surface area contributed by atoms with E-state index in [4.69, 9.17) is 0 Å². The van der Waals surface area contributed by atoms with Crippen molar-refractivity contribution >= 4 is 22.4 Å². The van der Waals surface area contributed by atoms with Crippen LogP contribution in [0.2, 0.25) is 0 Å². The molecule has 3 aliphatic rings. The topological polar surface area (TPSA) is 48.1 Å². The van der Waals surface area contributed by atoms with Gasteiger partial charge in [-0.2, -0.15) is 0 Å². The van der Waals surface area contributed by atoms with E-state index < -0.39 is 0 Å². The van der Waals surface area contributed by atoms with Gasteiger partial charge < -0.3 is 10.3 Å². The average molecular weight is 279 g/mol. The standard InChI is InChI=1S/C17H17N3O/c1-17-6-3-7-20(17)9-10-8-18-16(21)11-4-2-5-12-14(11)13(10)15(17)19-12/h2,4-5,8,19H,3,6-7,9H2,1H3,(H,18,21)/t17-/m1/s1. The van der Waals surface area contributed by atoms with Crippen molar-refractivity contribution in [1.29, 1.82) is 0 Å². The van der Waals surface area contributed by atoms with Crippen molar-refractivity contribution < 1.29 is 4.79 Å². The molecule has 5 rings (SSSR count). The average Bonchev–Trinajstić information content (AvgIpc) is 3.01. The number of carbonyl (C=O) groups excluding carboxylic acids is 1. The summed E-state index contributed by atoms with van der Waals surface area (Å²) in [6, 6.07) is 5.96. The number of fused-ring (bicyclic) bond motifs is 2. The second-order valence-electron chi connectivity index (χ2n) is 6.55. The van der Waals surface area contributed by atoms with Crippen molar-refractivity contribution in [2.24, 2.45) is 0 Å². The molecule has 4 heterocycles. The number of hydrogen-bond acceptors (Lipinski definition) is 2. The maximum absolute atomic E-state index is 12.3. The van der Waals surface area contributed by atoms with Crippen LogP contribution in [0.4, 0.5) is 0 Å². The molecule has 3 aliphatic heterocycles. The van der Waals surface area contributed by atoms with Gasteiger partial charge in [-0.3, -0.25) is 9.69 Å². The molecule has 0 saturated carbocycles. The van der Waals surface area contributed by atoms with E-state index in [9.17, 15) is 4.79 Å². The van der Waals surface area contributed by atoms with Gasteiger partial charge in [0.25, 0.3) is 5.91 Å². The van der Waals surface area contributed by atoms with Gasteiger partial charge in [0, 0.05) is 40.5 Å². The van der Waals surface area contributed by atoms with Gasteiger partial charge in [-0.15, -0.1) is 0 Å². The minimum Gasteiger partial charge on any atom is -0.356 e. The number of nitrogens with zero attached hydrogens (tertiary/aromatic N) is 1. The molecule has 0 spiro atoms. The number of aromatic nitrogens is 1. The molecule has 1 fully saturated rings. The fourth-order valence-corrected chi connectivity index (χ4v) is 4.35. The predicted molar refractivity (Wildman–Crippen MR) is 81.9 cm³/mol. The SMILES string of the molecule is C[C@]12CCCN1CC1=CNC(=O)c3cccc4[nH]c2c1c34. The summed E-state index contributed by atoms with van der Waals surface area (Å²) in [5, 5.41) is 4.05. The molecule has 1 amide bonds. The third-order valence-corrected chi connectivity index (χ3v) is 5.46. The van der Waals surface area contributed by atoms with Crippen LogP contribution in [0.15, 0.2) is 24.4 Å². The molecule has 2 N–H and O–H groups in total. The number of aromatic amines is 1. The van der Waals surface area contributed by atoms with Gasteiger partial charge in [-0.25, -0.2) is 0 Å². The second kappa shape index (κ2) is 3.57. The van der Waals surface area contributed by atoms with Crippen LogP contribution in [0.3, 0.4) is 0 Å². The highest BCUT2D eigenvalue weighted by Crippen LogP contribution is 2.49. The van der Waals surface area contributed by atoms with Crippen molar-refractivity contribution in [3.8, 4) is 0 Å². The van der Waals surface area contributed by atoms with E-state index in [0.717, 1.165) is 29.6 Å². The number of benzene rings is 1. The first-order chi connectivity index (χ1) is 10.2. The number of carbonyl (C=O) groups is 1. The lowest BCUT2D eigenvalue weighted by Crippen LogP contribution is -2.43. The summed E-state index contributed by atoms with van der Waals surface area (Å²) in [4.78, 5) is 18.5. The van der Waals surface area contributed by atoms with E-state index in [1.807, 2.05) is 18.3 Å². The largest absolute Gasteiger partial charge is 0.356 e. The van der Waals surface area contributed by atoms with Crippen molar-refractivity contribution in [2.75, 3.05) is 13.1 Å². The van der Waals surface area contributed by atoms with E-state index in [2.05, 4.69) is 28.2 Å². The summed E-state index contributed by atoms with van der Waals surface area (Å²) in [5.74, 6) is -0.00499. The highest BCUT2D eigenvalue weighted by Gasteiger charge is 2.46. The Morgan fingerprint density at radius 1 is 1.33 bits per heavy atom. The minimum atomic E-state index is -0.00499. The van der Waals surface area contributed by atoms with Crippen molar-refractivity contribution in [3.05, 3.63) is 41.2 Å². The van der Waals surface area contributed by atoms with Crippen LogP contribution < -0.4 is 5.32 Å². The third-order valence-electron chi connectivity index (χ3n) is 5.46. The lowest BCUT2D eigenvalue weighted by Gasteiger charge is -2.40. The van der Waals surface area contributed by atoms with Crippen LogP contribution in [0.1, 0.15) is 41.4 Å². The van der Waals surface area contributed by atoms with Crippen LogP contribution in [0.25, 0.3) is 16.5 Å². The molecule has 4 nitrogen and oxygen atoms in total. The van der Waals surface area contributed by atoms with Crippen LogP contribution in [0, 0.1) is 0 Å². The zero-order valence-corrected chi connectivity index (χ0v) is 12.0. The Morgan fingerprint density at radius 2 is 2.24 bits per heavy atom. The zero-order chi connectivity index (χ0) is 14.2. The molecule has 1 atom stereocenters. The molecule has 2 aromatic rings. The van der Waals surface area contributed by atoms with Gasteiger partial charge in [0.15, 0.2) is 0 Å². The molecule has 0 unspecified atom stereocenters. The van der Waals surface area contributed by atoms with E-state index >= 15 is 0 Å². The Bertz CT molecular complexity index is 832. The minimum absolute atomic E-state index is 0.00499. The monoisotopic (exact) mass is 279 g/mol. The first-order valence-electron chi connectivity index (χ1n) is 7.59. The lowest BCUT2D eigenvalue weighted by molar-refractivity contribution is 0.0972. The Morgan fingerprint density at radius 3 is 3.14 bits per heavy atom. The molecular formula is C17H17N3O. The predicted octanol–water partition coefficient (Wildman–Crippen LogP) is 2.58. The van der Waals surface area contributed by atoms with E-state index in [1.165, 1.54) is 29.7 Å². The first-order valence-corrected chi connectivity index (χ1v) is 7.59. The smallest absolute Gasteiger partial charge is 0.255 e. The summed E-state index contributed by atoms with van der Waals surface area (Å²) >= 11 is 0. The van der Waals surface area contributed by atoms with Gasteiger partial charge in [-0.05, 0) is 44.0 Å². The maximum Gasteiger partial charge on any atom is 0.255 e. The van der Waals surface area contributed by atoms with Gasteiger partial charge in [0.2, 0.25) is 0 Å². The Kier molecular flexibility index (Phi) is 1.97. The lowest BCUT2D eigenvalue weighted by atomic mass is 9.84. The van der Waals surface area contributed by atoms with Gasteiger partial charge >= 0.3 is 0 Å². The molecule has 1 aromatic carbocycles. The third kappa shape index (κ3) is 1.27. The summed E-state index contributed by atoms with van der Waals surface area (Å²) in [6.45, 7) is 4.38. The van der Waals surface area contributed by atoms with E-state index in [0.29, 0.717) is 0 Å². The van der Waals surface area contributed by atoms with Crippen molar-refractivity contribution in [1.82, 2.24) is 15.2 Å². The van der Waals surface area contributed by atoms with Gasteiger partial charge in [0.05, 0.1) is 5.54 Å². The van der Waals surface area contributed by atoms with Crippen molar-refractivity contribution in [3.63, 3.8) is 0 Å². The second-order valence-corrected chi connectivity index (χ2v) is 6.55. The van der Waals surface area contributed by atoms with Gasteiger partial charge in [-0.1, -0.05) is 6.07 Å². The summed E-state index contributed by atoms with van der Waals surface area (Å²) < 4.78 is 0. The molecule has 1 aromatic heterocycles. The van der Waals surface area contributed by atoms with E-state index in [1.54, 1.807) is 0 Å². The molecule has 0 radical (unpaired) electrons. The highest BCUT2D eigenvalue weighted by molar-refractivity contribution is 6.13. The highest BCUT2D eigenvalue weighted by atomic mass is 16.1. The van der Waals surface area contributed by atoms with Crippen LogP contribution in [0.5, 0.6) is 0 Å². The quantitative estimate of drug-likeness (QED) is 0.778. The Balaban J connectivity index is 1.95. The number of rotatable bonds is 0. The first kappa shape index (κ1) is 11.6. The number of H-pyrrole nitrogens is 1. The fourth-order valence-electron chi connectivity index (χ4n) is 4.35. The Labute approximate surface area is 122 Å². The fraction of sp³-hybridized carbons (Fsp3) is 0.353. The zero-order valence-electron chi connectivity index (χ0n) is 12.0. The molecule has 0 bridgehead atoms. The molecule has 4 heteroatoms. The van der Waals surface area contributed by atoms with Crippen LogP contribution in [-0.2, 0) is 5.54 Å². The van der Waals surface area contributed by atoms with Crippen molar-refractivity contribution in [2.45, 2.75) is 25.3 Å². The van der Waals surface area contributed by atoms with Gasteiger partial charge in [0.1, 0.15) is 0 Å². The summed E-state index contributed by atoms with van der Waals surface area (Å²) in [5.41, 5.74) is 5.72. The van der Waals surface area contributed by atoms with Crippen LogP contribution in [-0.4, -0.2) is 28.9 Å². The molecule has 21 heavy (non-hydrogen) atoms. The maximum atomic E-state index is 12.3. The molecule has 106 valence electrons. The number of amides is 1. The molecule has 0 aliphatic carbocycles. The summed E-state index contributed by atoms with van der Waals surface area (Å²) in [6.07, 6.45) is 4.32. The normalized spacial score (nSPS) is 27.3. The number of hydrogen-bond donors (Lipinski definition) is 2. The summed E-state index contributed by atoms with van der Waals surface area (Å²) in [7, 11) is 0. The molecule has 1 saturated heterocycles. The Hall–Kier alpha value is -2.07.